The first-order valence-electron chi connectivity index (χ1n) is 9.36. The van der Waals surface area contributed by atoms with Crippen molar-refractivity contribution in [2.45, 2.75) is 19.8 Å². The predicted octanol–water partition coefficient (Wildman–Crippen LogP) is 5.83. The van der Waals surface area contributed by atoms with Gasteiger partial charge in [-0.15, -0.1) is 0 Å². The number of carbonyl (C=O) groups excluding carboxylic acids is 2. The van der Waals surface area contributed by atoms with Gasteiger partial charge in [0.05, 0.1) is 0 Å². The molecular weight excluding hydrogens is 352 g/mol. The molecule has 0 aliphatic rings. The summed E-state index contributed by atoms with van der Waals surface area (Å²) in [4.78, 5) is 24.5. The van der Waals surface area contributed by atoms with Crippen LogP contribution in [0, 0.1) is 0 Å². The maximum absolute atomic E-state index is 12.6. The van der Waals surface area contributed by atoms with Gasteiger partial charge in [0, 0.05) is 28.3 Å². The molecule has 0 atom stereocenters. The van der Waals surface area contributed by atoms with Crippen molar-refractivity contribution in [2.75, 3.05) is 6.61 Å². The van der Waals surface area contributed by atoms with E-state index in [2.05, 4.69) is 0 Å². The monoisotopic (exact) mass is 372 g/mol. The molecule has 28 heavy (non-hydrogen) atoms. The van der Waals surface area contributed by atoms with Crippen molar-refractivity contribution < 1.29 is 18.7 Å². The first-order valence-corrected chi connectivity index (χ1v) is 9.36. The number of benzene rings is 3. The Hall–Kier alpha value is -3.40. The van der Waals surface area contributed by atoms with Crippen LogP contribution in [0.4, 0.5) is 0 Å². The molecular formula is C24H20O4. The van der Waals surface area contributed by atoms with Crippen LogP contribution in [0.1, 0.15) is 40.5 Å². The van der Waals surface area contributed by atoms with Crippen LogP contribution in [-0.4, -0.2) is 18.2 Å². The molecule has 0 saturated carbocycles. The molecule has 4 nitrogen and oxygen atoms in total. The number of fused-ring (bicyclic) bond motifs is 3. The Labute approximate surface area is 162 Å². The van der Waals surface area contributed by atoms with Crippen LogP contribution in [0.25, 0.3) is 21.9 Å². The van der Waals surface area contributed by atoms with Gasteiger partial charge >= 0.3 is 0 Å². The van der Waals surface area contributed by atoms with E-state index in [1.807, 2.05) is 43.3 Å². The van der Waals surface area contributed by atoms with Crippen molar-refractivity contribution in [3.63, 3.8) is 0 Å². The number of ketones is 2. The number of hydrogen-bond acceptors (Lipinski definition) is 4. The fourth-order valence-electron chi connectivity index (χ4n) is 3.24. The zero-order chi connectivity index (χ0) is 19.5. The maximum Gasteiger partial charge on any atom is 0.200 e. The fourth-order valence-corrected chi connectivity index (χ4v) is 3.24. The van der Waals surface area contributed by atoms with Crippen LogP contribution >= 0.6 is 0 Å². The lowest BCUT2D eigenvalue weighted by Gasteiger charge is -2.07. The van der Waals surface area contributed by atoms with E-state index in [1.54, 1.807) is 30.3 Å². The molecule has 0 unspecified atom stereocenters. The van der Waals surface area contributed by atoms with Crippen LogP contribution in [0.3, 0.4) is 0 Å². The minimum atomic E-state index is -0.113. The topological polar surface area (TPSA) is 56.5 Å². The van der Waals surface area contributed by atoms with Crippen LogP contribution in [0.2, 0.25) is 0 Å². The lowest BCUT2D eigenvalue weighted by atomic mass is 10.1. The highest BCUT2D eigenvalue weighted by Crippen LogP contribution is 2.29. The number of hydrogen-bond donors (Lipinski definition) is 0. The summed E-state index contributed by atoms with van der Waals surface area (Å²) in [5.41, 5.74) is 2.80. The first kappa shape index (κ1) is 18.0. The van der Waals surface area contributed by atoms with Gasteiger partial charge in [-0.05, 0) is 55.0 Å². The fraction of sp³-hybridized carbons (Fsp3) is 0.167. The molecule has 3 aromatic carbocycles. The van der Waals surface area contributed by atoms with Gasteiger partial charge in [-0.3, -0.25) is 9.59 Å². The number of ether oxygens (including phenoxy) is 1. The third-order valence-electron chi connectivity index (χ3n) is 4.72. The van der Waals surface area contributed by atoms with E-state index < -0.39 is 0 Å². The third kappa shape index (κ3) is 3.54. The number of carbonyl (C=O) groups is 2. The lowest BCUT2D eigenvalue weighted by molar-refractivity contribution is 0.0920. The van der Waals surface area contributed by atoms with Gasteiger partial charge in [0.15, 0.2) is 18.2 Å². The molecule has 0 aliphatic heterocycles. The number of rotatable bonds is 7. The SMILES string of the molecule is CCCC(=O)c1ccc(OCC(=O)c2ccc3oc4ccccc4c3c2)cc1. The standard InChI is InChI=1S/C24H20O4/c1-2-5-21(25)16-8-11-18(12-9-16)27-15-22(26)17-10-13-24-20(14-17)19-6-3-4-7-23(19)28-24/h3-4,6-14H,2,5,15H2,1H3. The van der Waals surface area contributed by atoms with Crippen LogP contribution < -0.4 is 4.74 Å². The van der Waals surface area contributed by atoms with Crippen molar-refractivity contribution >= 4 is 33.5 Å². The molecule has 4 aromatic rings. The summed E-state index contributed by atoms with van der Waals surface area (Å²) in [5.74, 6) is 0.570. The number of Topliss-reactive ketones (excluding diaryl/α,β-unsaturated/α-hetero) is 2. The Morgan fingerprint density at radius 3 is 2.32 bits per heavy atom. The summed E-state index contributed by atoms with van der Waals surface area (Å²) in [5, 5.41) is 1.90. The van der Waals surface area contributed by atoms with Crippen molar-refractivity contribution in [2.24, 2.45) is 0 Å². The molecule has 0 N–H and O–H groups in total. The second-order valence-electron chi connectivity index (χ2n) is 6.72. The summed E-state index contributed by atoms with van der Waals surface area (Å²) in [6.45, 7) is 1.91. The summed E-state index contributed by atoms with van der Waals surface area (Å²) in [7, 11) is 0. The predicted molar refractivity (Wildman–Crippen MR) is 109 cm³/mol. The Morgan fingerprint density at radius 2 is 1.54 bits per heavy atom. The molecule has 0 saturated heterocycles. The van der Waals surface area contributed by atoms with E-state index in [0.717, 1.165) is 28.4 Å². The smallest absolute Gasteiger partial charge is 0.200 e. The molecule has 0 amide bonds. The van der Waals surface area contributed by atoms with Crippen LogP contribution in [-0.2, 0) is 0 Å². The Balaban J connectivity index is 1.48. The van der Waals surface area contributed by atoms with Gasteiger partial charge in [0.1, 0.15) is 16.9 Å². The van der Waals surface area contributed by atoms with Gasteiger partial charge in [-0.25, -0.2) is 0 Å². The van der Waals surface area contributed by atoms with Gasteiger partial charge in [-0.2, -0.15) is 0 Å². The summed E-state index contributed by atoms with van der Waals surface area (Å²) in [6, 6.07) is 20.1. The van der Waals surface area contributed by atoms with Gasteiger partial charge in [0.25, 0.3) is 0 Å². The van der Waals surface area contributed by atoms with Crippen molar-refractivity contribution in [3.8, 4) is 5.75 Å². The van der Waals surface area contributed by atoms with E-state index in [1.165, 1.54) is 0 Å². The quantitative estimate of drug-likeness (QED) is 0.383. The van der Waals surface area contributed by atoms with Crippen LogP contribution in [0.5, 0.6) is 5.75 Å². The van der Waals surface area contributed by atoms with Crippen molar-refractivity contribution in [3.05, 3.63) is 77.9 Å². The minimum Gasteiger partial charge on any atom is -0.485 e. The minimum absolute atomic E-state index is 0.0659. The summed E-state index contributed by atoms with van der Waals surface area (Å²) in [6.07, 6.45) is 1.35. The number of para-hydroxylation sites is 1. The number of furan rings is 1. The molecule has 1 aromatic heterocycles. The molecule has 0 bridgehead atoms. The van der Waals surface area contributed by atoms with Crippen molar-refractivity contribution in [1.82, 2.24) is 0 Å². The van der Waals surface area contributed by atoms with E-state index in [4.69, 9.17) is 9.15 Å². The van der Waals surface area contributed by atoms with Crippen LogP contribution in [0.15, 0.2) is 71.1 Å². The molecule has 0 fully saturated rings. The van der Waals surface area contributed by atoms with E-state index >= 15 is 0 Å². The molecule has 0 spiro atoms. The second-order valence-corrected chi connectivity index (χ2v) is 6.72. The Bertz CT molecular complexity index is 1150. The lowest BCUT2D eigenvalue weighted by Crippen LogP contribution is -2.11. The highest BCUT2D eigenvalue weighted by molar-refractivity contribution is 6.08. The summed E-state index contributed by atoms with van der Waals surface area (Å²) >= 11 is 0. The van der Waals surface area contributed by atoms with E-state index in [9.17, 15) is 9.59 Å². The molecule has 4 heteroatoms. The molecule has 4 rings (SSSR count). The second kappa shape index (κ2) is 7.69. The largest absolute Gasteiger partial charge is 0.485 e. The average molecular weight is 372 g/mol. The summed E-state index contributed by atoms with van der Waals surface area (Å²) < 4.78 is 11.4. The normalized spacial score (nSPS) is 11.0. The highest BCUT2D eigenvalue weighted by Gasteiger charge is 2.12. The van der Waals surface area contributed by atoms with E-state index in [-0.39, 0.29) is 18.2 Å². The molecule has 140 valence electrons. The molecule has 0 radical (unpaired) electrons. The van der Waals surface area contributed by atoms with Gasteiger partial charge in [-0.1, -0.05) is 25.1 Å². The van der Waals surface area contributed by atoms with Gasteiger partial charge in [0.2, 0.25) is 0 Å². The van der Waals surface area contributed by atoms with Crippen molar-refractivity contribution in [1.29, 1.82) is 0 Å². The first-order chi connectivity index (χ1) is 13.7. The third-order valence-corrected chi connectivity index (χ3v) is 4.72. The maximum atomic E-state index is 12.6. The van der Waals surface area contributed by atoms with E-state index in [0.29, 0.717) is 23.3 Å². The zero-order valence-electron chi connectivity index (χ0n) is 15.6. The van der Waals surface area contributed by atoms with Gasteiger partial charge < -0.3 is 9.15 Å². The molecule has 1 heterocycles. The average Bonchev–Trinajstić information content (AvgIpc) is 3.10. The Morgan fingerprint density at radius 1 is 0.821 bits per heavy atom. The molecule has 0 aliphatic carbocycles. The zero-order valence-corrected chi connectivity index (χ0v) is 15.6. The highest BCUT2D eigenvalue weighted by atomic mass is 16.5. The Kier molecular flexibility index (Phi) is 4.94.